The summed E-state index contributed by atoms with van der Waals surface area (Å²) in [6.07, 6.45) is 25.9. The molecule has 0 bridgehead atoms. The van der Waals surface area contributed by atoms with Gasteiger partial charge in [0.1, 0.15) is 0 Å². The van der Waals surface area contributed by atoms with Crippen LogP contribution in [0.25, 0.3) is 0 Å². The molecule has 0 heterocycles. The van der Waals surface area contributed by atoms with E-state index in [9.17, 15) is 0 Å². The van der Waals surface area contributed by atoms with Gasteiger partial charge in [-0.3, -0.25) is 0 Å². The van der Waals surface area contributed by atoms with E-state index in [4.69, 9.17) is 10.7 Å². The van der Waals surface area contributed by atoms with Crippen molar-refractivity contribution in [2.45, 2.75) is 129 Å². The van der Waals surface area contributed by atoms with Crippen LogP contribution in [0.15, 0.2) is 0 Å². The second-order valence-corrected chi connectivity index (χ2v) is 8.87. The van der Waals surface area contributed by atoms with Gasteiger partial charge in [-0.15, -0.1) is 0 Å². The molecule has 0 nitrogen and oxygen atoms in total. The van der Waals surface area contributed by atoms with Crippen LogP contribution in [0, 0.1) is 5.92 Å². The van der Waals surface area contributed by atoms with Gasteiger partial charge in [-0.1, -0.05) is 134 Å². The molecular weight excluding hydrogens is 332 g/mol. The Morgan fingerprint density at radius 3 is 1.21 bits per heavy atom. The molecule has 0 atom stereocenters. The fourth-order valence-corrected chi connectivity index (χ4v) is 4.23. The van der Waals surface area contributed by atoms with E-state index < -0.39 is 0 Å². The summed E-state index contributed by atoms with van der Waals surface area (Å²) >= 11 is 0. The molecule has 0 aromatic heterocycles. The second kappa shape index (κ2) is 21.7. The largest absolute Gasteiger partial charge is 0.0651 e. The first kappa shape index (κ1) is 24.6. The van der Waals surface area contributed by atoms with Crippen LogP contribution in [-0.2, 0) is 0 Å². The van der Waals surface area contributed by atoms with Gasteiger partial charge >= 0.3 is 0 Å². The highest BCUT2D eigenvalue weighted by molar-refractivity contribution is 8.21. The van der Waals surface area contributed by atoms with Gasteiger partial charge in [-0.2, -0.15) is 0 Å². The molecule has 0 aliphatic carbocycles. The zero-order valence-corrected chi connectivity index (χ0v) is 18.4. The van der Waals surface area contributed by atoms with Gasteiger partial charge in [-0.25, -0.2) is 0 Å². The maximum Gasteiger partial charge on any atom is 0.00852 e. The zero-order valence-electron chi connectivity index (χ0n) is 16.8. The van der Waals surface area contributed by atoms with Crippen molar-refractivity contribution in [1.29, 1.82) is 0 Å². The van der Waals surface area contributed by atoms with Crippen molar-refractivity contribution in [3.05, 3.63) is 0 Å². The summed E-state index contributed by atoms with van der Waals surface area (Å²) in [7, 11) is 7.07. The second-order valence-electron chi connectivity index (χ2n) is 7.59. The van der Waals surface area contributed by atoms with Crippen molar-refractivity contribution < 1.29 is 0 Å². The van der Waals surface area contributed by atoms with Crippen LogP contribution >= 0.6 is 21.7 Å². The van der Waals surface area contributed by atoms with Crippen LogP contribution in [-0.4, -0.2) is 5.75 Å². The van der Waals surface area contributed by atoms with E-state index in [1.165, 1.54) is 127 Å². The lowest BCUT2D eigenvalue weighted by Crippen LogP contribution is -1.96. The highest BCUT2D eigenvalue weighted by atomic mass is 35.7. The first-order chi connectivity index (χ1) is 11.8. The summed E-state index contributed by atoms with van der Waals surface area (Å²) in [4.78, 5) is 0. The fraction of sp³-hybridized carbons (Fsp3) is 1.00. The van der Waals surface area contributed by atoms with Crippen LogP contribution in [0.4, 0.5) is 0 Å². The van der Waals surface area contributed by atoms with Crippen molar-refractivity contribution in [1.82, 2.24) is 0 Å². The molecule has 0 aliphatic heterocycles. The minimum absolute atomic E-state index is 0.995. The highest BCUT2D eigenvalue weighted by Crippen LogP contribution is 2.18. The Balaban J connectivity index is 3.03. The monoisotopic (exact) mass is 376 g/mol. The normalized spacial score (nSPS) is 11.5. The van der Waals surface area contributed by atoms with E-state index in [2.05, 4.69) is 13.8 Å². The molecule has 0 spiro atoms. The zero-order chi connectivity index (χ0) is 17.7. The molecule has 0 aromatic carbocycles. The van der Waals surface area contributed by atoms with Gasteiger partial charge in [0.15, 0.2) is 0 Å². The van der Waals surface area contributed by atoms with Crippen LogP contribution in [0.2, 0.25) is 0 Å². The molecule has 0 saturated carbocycles. The van der Waals surface area contributed by atoms with Gasteiger partial charge in [-0.05, 0) is 23.0 Å². The SMILES string of the molecule is CCC(CC)CCCCCCCCCCCCCCCCCSCl. The first-order valence-corrected chi connectivity index (χ1v) is 12.9. The van der Waals surface area contributed by atoms with Crippen LogP contribution in [0.1, 0.15) is 129 Å². The fourth-order valence-electron chi connectivity index (χ4n) is 3.58. The number of hydrogen-bond donors (Lipinski definition) is 0. The van der Waals surface area contributed by atoms with Crippen LogP contribution in [0.5, 0.6) is 0 Å². The Bertz CT molecular complexity index is 216. The van der Waals surface area contributed by atoms with Crippen LogP contribution in [0.3, 0.4) is 0 Å². The molecule has 0 aromatic rings. The standard InChI is InChI=1S/C22H45ClS/c1-3-22(4-2)20-18-16-14-12-10-8-6-5-7-9-11-13-15-17-19-21-24-23/h22H,3-21H2,1-2H3. The predicted octanol–water partition coefficient (Wildman–Crippen LogP) is 9.55. The number of rotatable bonds is 20. The molecule has 0 amide bonds. The molecule has 0 N–H and O–H groups in total. The number of halogens is 1. The molecule has 146 valence electrons. The van der Waals surface area contributed by atoms with E-state index in [1.807, 2.05) is 0 Å². The molecule has 2 heteroatoms. The minimum Gasteiger partial charge on any atom is -0.0651 e. The van der Waals surface area contributed by atoms with Gasteiger partial charge in [0.05, 0.1) is 0 Å². The quantitative estimate of drug-likeness (QED) is 0.190. The van der Waals surface area contributed by atoms with Gasteiger partial charge < -0.3 is 0 Å². The Labute approximate surface area is 162 Å². The predicted molar refractivity (Wildman–Crippen MR) is 116 cm³/mol. The minimum atomic E-state index is 0.995. The summed E-state index contributed by atoms with van der Waals surface area (Å²) in [6.45, 7) is 4.69. The summed E-state index contributed by atoms with van der Waals surface area (Å²) in [6, 6.07) is 0. The molecule has 0 rings (SSSR count). The summed E-state index contributed by atoms with van der Waals surface area (Å²) < 4.78 is 0. The molecule has 0 aliphatic rings. The van der Waals surface area contributed by atoms with Crippen molar-refractivity contribution in [2.75, 3.05) is 5.75 Å². The lowest BCUT2D eigenvalue weighted by molar-refractivity contribution is 0.426. The van der Waals surface area contributed by atoms with E-state index in [0.717, 1.165) is 11.7 Å². The maximum atomic E-state index is 5.61. The lowest BCUT2D eigenvalue weighted by Gasteiger charge is -2.11. The topological polar surface area (TPSA) is 0 Å². The summed E-state index contributed by atoms with van der Waals surface area (Å²) in [5.74, 6) is 2.12. The van der Waals surface area contributed by atoms with E-state index >= 15 is 0 Å². The molecule has 0 saturated heterocycles. The molecule has 0 unspecified atom stereocenters. The summed E-state index contributed by atoms with van der Waals surface area (Å²) in [5, 5.41) is 0. The molecule has 24 heavy (non-hydrogen) atoms. The Morgan fingerprint density at radius 2 is 0.875 bits per heavy atom. The molecule has 0 radical (unpaired) electrons. The van der Waals surface area contributed by atoms with Crippen molar-refractivity contribution >= 4 is 21.7 Å². The van der Waals surface area contributed by atoms with E-state index in [0.29, 0.717) is 0 Å². The Morgan fingerprint density at radius 1 is 0.542 bits per heavy atom. The van der Waals surface area contributed by atoms with Gasteiger partial charge in [0.25, 0.3) is 0 Å². The van der Waals surface area contributed by atoms with E-state index in [-0.39, 0.29) is 0 Å². The van der Waals surface area contributed by atoms with Crippen molar-refractivity contribution in [3.63, 3.8) is 0 Å². The number of unbranched alkanes of at least 4 members (excludes halogenated alkanes) is 14. The van der Waals surface area contributed by atoms with Crippen molar-refractivity contribution in [2.24, 2.45) is 5.92 Å². The average Bonchev–Trinajstić information content (AvgIpc) is 2.61. The Hall–Kier alpha value is 0.640. The third-order valence-electron chi connectivity index (χ3n) is 5.49. The average molecular weight is 377 g/mol. The third-order valence-corrected chi connectivity index (χ3v) is 6.39. The van der Waals surface area contributed by atoms with Gasteiger partial charge in [0.2, 0.25) is 0 Å². The van der Waals surface area contributed by atoms with Crippen LogP contribution < -0.4 is 0 Å². The molecular formula is C22H45ClS. The first-order valence-electron chi connectivity index (χ1n) is 11.1. The van der Waals surface area contributed by atoms with Crippen molar-refractivity contribution in [3.8, 4) is 0 Å². The van der Waals surface area contributed by atoms with Gasteiger partial charge in [0, 0.05) is 5.75 Å². The smallest absolute Gasteiger partial charge is 0.00852 e. The highest BCUT2D eigenvalue weighted by Gasteiger charge is 2.02. The Kier molecular flexibility index (Phi) is 22.3. The lowest BCUT2D eigenvalue weighted by atomic mass is 9.95. The number of hydrogen-bond acceptors (Lipinski definition) is 1. The third kappa shape index (κ3) is 19.0. The summed E-state index contributed by atoms with van der Waals surface area (Å²) in [5.41, 5.74) is 0. The maximum absolute atomic E-state index is 5.61. The van der Waals surface area contributed by atoms with E-state index in [1.54, 1.807) is 0 Å². The molecule has 0 fully saturated rings.